The van der Waals surface area contributed by atoms with Crippen molar-refractivity contribution in [1.82, 2.24) is 9.88 Å². The van der Waals surface area contributed by atoms with Crippen molar-refractivity contribution in [3.8, 4) is 0 Å². The normalized spacial score (nSPS) is 19.0. The average molecular weight is 290 g/mol. The Hall–Kier alpha value is -1.13. The Morgan fingerprint density at radius 1 is 1.33 bits per heavy atom. The summed E-state index contributed by atoms with van der Waals surface area (Å²) in [5.74, 6) is 1.55. The molecule has 0 radical (unpaired) electrons. The van der Waals surface area contributed by atoms with E-state index in [-0.39, 0.29) is 0 Å². The van der Waals surface area contributed by atoms with Crippen LogP contribution in [0.15, 0.2) is 12.1 Å². The van der Waals surface area contributed by atoms with Crippen LogP contribution in [0.4, 0.5) is 5.82 Å². The Bertz CT molecular complexity index is 454. The maximum absolute atomic E-state index is 5.85. The molecule has 1 unspecified atom stereocenters. The Balaban J connectivity index is 2.17. The minimum absolute atomic E-state index is 0.441. The first kappa shape index (κ1) is 16.2. The molecule has 2 heterocycles. The van der Waals surface area contributed by atoms with E-state index in [4.69, 9.17) is 10.7 Å². The summed E-state index contributed by atoms with van der Waals surface area (Å²) in [5.41, 5.74) is 8.19. The molecule has 2 rings (SSSR count). The second-order valence-electron chi connectivity index (χ2n) is 6.23. The average Bonchev–Trinajstić information content (AvgIpc) is 2.97. The largest absolute Gasteiger partial charge is 0.355 e. The predicted molar refractivity (Wildman–Crippen MR) is 89.8 cm³/mol. The molecule has 4 nitrogen and oxygen atoms in total. The Kier molecular flexibility index (Phi) is 5.59. The number of nitrogens with two attached hydrogens (primary N) is 1. The molecule has 0 bridgehead atoms. The molecule has 1 aromatic rings. The first-order chi connectivity index (χ1) is 10.1. The summed E-state index contributed by atoms with van der Waals surface area (Å²) in [6, 6.07) is 4.97. The fourth-order valence-electron chi connectivity index (χ4n) is 3.16. The lowest BCUT2D eigenvalue weighted by Gasteiger charge is -2.26. The highest BCUT2D eigenvalue weighted by molar-refractivity contribution is 5.44. The summed E-state index contributed by atoms with van der Waals surface area (Å²) in [6.07, 6.45) is 1.23. The standard InChI is InChI=1S/C17H30N4/c1-5-20(6-2)15-7-8-21(12-15)17-10-14(11-18)9-16(19-17)13(3)4/h9-10,13,15H,5-8,11-12,18H2,1-4H3. The van der Waals surface area contributed by atoms with Crippen molar-refractivity contribution in [2.45, 2.75) is 52.6 Å². The third-order valence-electron chi connectivity index (χ3n) is 4.53. The van der Waals surface area contributed by atoms with Gasteiger partial charge in [0, 0.05) is 31.4 Å². The van der Waals surface area contributed by atoms with Crippen molar-refractivity contribution in [2.75, 3.05) is 31.1 Å². The molecule has 1 saturated heterocycles. The number of hydrogen-bond acceptors (Lipinski definition) is 4. The quantitative estimate of drug-likeness (QED) is 0.874. The minimum Gasteiger partial charge on any atom is -0.355 e. The van der Waals surface area contributed by atoms with Crippen LogP contribution < -0.4 is 10.6 Å². The van der Waals surface area contributed by atoms with Gasteiger partial charge in [-0.3, -0.25) is 4.90 Å². The summed E-state index contributed by atoms with van der Waals surface area (Å²) >= 11 is 0. The van der Waals surface area contributed by atoms with Gasteiger partial charge in [-0.1, -0.05) is 27.7 Å². The van der Waals surface area contributed by atoms with Crippen molar-refractivity contribution in [2.24, 2.45) is 5.73 Å². The van der Waals surface area contributed by atoms with E-state index in [0.29, 0.717) is 18.5 Å². The minimum atomic E-state index is 0.441. The smallest absolute Gasteiger partial charge is 0.129 e. The van der Waals surface area contributed by atoms with Crippen LogP contribution in [0.3, 0.4) is 0 Å². The molecule has 2 N–H and O–H groups in total. The molecule has 1 fully saturated rings. The zero-order chi connectivity index (χ0) is 15.4. The number of hydrogen-bond donors (Lipinski definition) is 1. The van der Waals surface area contributed by atoms with Crippen molar-refractivity contribution in [1.29, 1.82) is 0 Å². The molecule has 1 aliphatic rings. The summed E-state index contributed by atoms with van der Waals surface area (Å²) in [4.78, 5) is 9.84. The van der Waals surface area contributed by atoms with Crippen molar-refractivity contribution in [3.63, 3.8) is 0 Å². The Morgan fingerprint density at radius 2 is 2.05 bits per heavy atom. The van der Waals surface area contributed by atoms with Crippen LogP contribution in [-0.4, -0.2) is 42.1 Å². The molecule has 4 heteroatoms. The molecular weight excluding hydrogens is 260 g/mol. The maximum atomic E-state index is 5.85. The van der Waals surface area contributed by atoms with Crippen LogP contribution >= 0.6 is 0 Å². The molecule has 0 aromatic carbocycles. The number of pyridine rings is 1. The summed E-state index contributed by atoms with van der Waals surface area (Å²) < 4.78 is 0. The fraction of sp³-hybridized carbons (Fsp3) is 0.706. The van der Waals surface area contributed by atoms with E-state index in [1.54, 1.807) is 0 Å². The lowest BCUT2D eigenvalue weighted by Crippen LogP contribution is -2.37. The van der Waals surface area contributed by atoms with E-state index in [2.05, 4.69) is 49.6 Å². The van der Waals surface area contributed by atoms with E-state index in [1.165, 1.54) is 12.0 Å². The monoisotopic (exact) mass is 290 g/mol. The number of anilines is 1. The second kappa shape index (κ2) is 7.23. The molecule has 0 saturated carbocycles. The molecule has 1 atom stereocenters. The van der Waals surface area contributed by atoms with Gasteiger partial charge in [0.2, 0.25) is 0 Å². The molecule has 0 amide bonds. The van der Waals surface area contributed by atoms with E-state index in [0.717, 1.165) is 37.7 Å². The lowest BCUT2D eigenvalue weighted by molar-refractivity contribution is 0.232. The molecule has 21 heavy (non-hydrogen) atoms. The van der Waals surface area contributed by atoms with Gasteiger partial charge in [-0.2, -0.15) is 0 Å². The number of likely N-dealkylation sites (N-methyl/N-ethyl adjacent to an activating group) is 1. The summed E-state index contributed by atoms with van der Waals surface area (Å²) in [7, 11) is 0. The number of aromatic nitrogens is 1. The van der Waals surface area contributed by atoms with Crippen molar-refractivity contribution >= 4 is 5.82 Å². The second-order valence-corrected chi connectivity index (χ2v) is 6.23. The van der Waals surface area contributed by atoms with Gasteiger partial charge in [0.15, 0.2) is 0 Å². The van der Waals surface area contributed by atoms with Crippen LogP contribution in [0, 0.1) is 0 Å². The van der Waals surface area contributed by atoms with Gasteiger partial charge in [-0.05, 0) is 43.1 Å². The van der Waals surface area contributed by atoms with Gasteiger partial charge < -0.3 is 10.6 Å². The summed E-state index contributed by atoms with van der Waals surface area (Å²) in [6.45, 7) is 13.9. The Morgan fingerprint density at radius 3 is 2.62 bits per heavy atom. The van der Waals surface area contributed by atoms with E-state index >= 15 is 0 Å². The van der Waals surface area contributed by atoms with Gasteiger partial charge in [0.05, 0.1) is 0 Å². The third kappa shape index (κ3) is 3.74. The van der Waals surface area contributed by atoms with Gasteiger partial charge in [0.25, 0.3) is 0 Å². The van der Waals surface area contributed by atoms with E-state index in [1.807, 2.05) is 0 Å². The Labute approximate surface area is 129 Å². The fourth-order valence-corrected chi connectivity index (χ4v) is 3.16. The van der Waals surface area contributed by atoms with Crippen molar-refractivity contribution < 1.29 is 0 Å². The maximum Gasteiger partial charge on any atom is 0.129 e. The topological polar surface area (TPSA) is 45.4 Å². The lowest BCUT2D eigenvalue weighted by atomic mass is 10.1. The number of rotatable bonds is 6. The highest BCUT2D eigenvalue weighted by Gasteiger charge is 2.27. The molecular formula is C17H30N4. The first-order valence-electron chi connectivity index (χ1n) is 8.28. The molecule has 118 valence electrons. The molecule has 0 aliphatic carbocycles. The van der Waals surface area contributed by atoms with Crippen LogP contribution in [-0.2, 0) is 6.54 Å². The third-order valence-corrected chi connectivity index (χ3v) is 4.53. The SMILES string of the molecule is CCN(CC)C1CCN(c2cc(CN)cc(C(C)C)n2)C1. The van der Waals surface area contributed by atoms with Crippen LogP contribution in [0.25, 0.3) is 0 Å². The highest BCUT2D eigenvalue weighted by atomic mass is 15.3. The molecule has 0 spiro atoms. The van der Waals surface area contributed by atoms with Crippen molar-refractivity contribution in [3.05, 3.63) is 23.4 Å². The van der Waals surface area contributed by atoms with Gasteiger partial charge in [-0.25, -0.2) is 4.98 Å². The zero-order valence-electron chi connectivity index (χ0n) is 14.0. The zero-order valence-corrected chi connectivity index (χ0v) is 14.0. The van der Waals surface area contributed by atoms with Gasteiger partial charge in [0.1, 0.15) is 5.82 Å². The molecule has 1 aliphatic heterocycles. The van der Waals surface area contributed by atoms with Crippen LogP contribution in [0.2, 0.25) is 0 Å². The first-order valence-corrected chi connectivity index (χ1v) is 8.28. The predicted octanol–water partition coefficient (Wildman–Crippen LogP) is 2.58. The molecule has 1 aromatic heterocycles. The van der Waals surface area contributed by atoms with E-state index < -0.39 is 0 Å². The van der Waals surface area contributed by atoms with Gasteiger partial charge in [-0.15, -0.1) is 0 Å². The van der Waals surface area contributed by atoms with E-state index in [9.17, 15) is 0 Å². The van der Waals surface area contributed by atoms with Gasteiger partial charge >= 0.3 is 0 Å². The van der Waals surface area contributed by atoms with Crippen LogP contribution in [0.5, 0.6) is 0 Å². The van der Waals surface area contributed by atoms with Crippen LogP contribution in [0.1, 0.15) is 51.3 Å². The summed E-state index contributed by atoms with van der Waals surface area (Å²) in [5, 5.41) is 0. The highest BCUT2D eigenvalue weighted by Crippen LogP contribution is 2.25. The number of nitrogens with zero attached hydrogens (tertiary/aromatic N) is 3.